The first-order chi connectivity index (χ1) is 12.0. The van der Waals surface area contributed by atoms with Gasteiger partial charge in [-0.3, -0.25) is 9.59 Å². The summed E-state index contributed by atoms with van der Waals surface area (Å²) in [5, 5.41) is 2.59. The molecular formula is C18H20N4O3. The molecule has 130 valence electrons. The van der Waals surface area contributed by atoms with Gasteiger partial charge in [0.1, 0.15) is 6.54 Å². The van der Waals surface area contributed by atoms with Crippen molar-refractivity contribution in [2.75, 3.05) is 13.2 Å². The number of aromatic nitrogens is 3. The number of imidazole rings is 1. The van der Waals surface area contributed by atoms with Crippen molar-refractivity contribution in [3.05, 3.63) is 41.1 Å². The number of esters is 1. The highest BCUT2D eigenvalue weighted by atomic mass is 16.5. The molecule has 0 unspecified atom stereocenters. The van der Waals surface area contributed by atoms with Crippen LogP contribution in [0.4, 0.5) is 0 Å². The molecule has 0 spiro atoms. The van der Waals surface area contributed by atoms with Crippen LogP contribution in [0.25, 0.3) is 22.6 Å². The molecule has 7 heteroatoms. The largest absolute Gasteiger partial charge is 0.465 e. The van der Waals surface area contributed by atoms with Gasteiger partial charge in [0.15, 0.2) is 5.82 Å². The maximum Gasteiger partial charge on any atom is 0.325 e. The van der Waals surface area contributed by atoms with Crippen LogP contribution in [-0.4, -0.2) is 40.0 Å². The number of benzene rings is 1. The lowest BCUT2D eigenvalue weighted by atomic mass is 10.1. The van der Waals surface area contributed by atoms with Crippen LogP contribution in [0.1, 0.15) is 28.5 Å². The number of para-hydroxylation sites is 2. The molecule has 1 amide bonds. The van der Waals surface area contributed by atoms with Gasteiger partial charge in [-0.1, -0.05) is 12.1 Å². The van der Waals surface area contributed by atoms with E-state index in [-0.39, 0.29) is 19.1 Å². The molecule has 0 atom stereocenters. The zero-order valence-electron chi connectivity index (χ0n) is 14.4. The minimum absolute atomic E-state index is 0.156. The van der Waals surface area contributed by atoms with Crippen LogP contribution in [0.15, 0.2) is 24.3 Å². The summed E-state index contributed by atoms with van der Waals surface area (Å²) in [6.45, 7) is 5.52. The topological polar surface area (TPSA) is 99.9 Å². The van der Waals surface area contributed by atoms with Crippen molar-refractivity contribution in [1.29, 1.82) is 0 Å². The van der Waals surface area contributed by atoms with E-state index < -0.39 is 5.97 Å². The van der Waals surface area contributed by atoms with E-state index in [4.69, 9.17) is 4.74 Å². The Bertz CT molecular complexity index is 906. The predicted molar refractivity (Wildman–Crippen MR) is 94.3 cm³/mol. The van der Waals surface area contributed by atoms with Crippen molar-refractivity contribution in [1.82, 2.24) is 20.3 Å². The number of ether oxygens (including phenoxy) is 1. The van der Waals surface area contributed by atoms with E-state index in [9.17, 15) is 9.59 Å². The molecule has 0 saturated carbocycles. The molecule has 0 radical (unpaired) electrons. The molecule has 2 aromatic heterocycles. The van der Waals surface area contributed by atoms with E-state index in [1.165, 1.54) is 0 Å². The standard InChI is InChI=1S/C18H20N4O3/c1-4-25-14(23)9-19-18(24)15-10(2)16(20-11(15)3)17-21-12-7-5-6-8-13(12)22-17/h5-8,20H,4,9H2,1-3H3,(H,19,24)(H,21,22). The van der Waals surface area contributed by atoms with Crippen LogP contribution in [0.2, 0.25) is 0 Å². The van der Waals surface area contributed by atoms with E-state index in [0.29, 0.717) is 17.1 Å². The van der Waals surface area contributed by atoms with E-state index >= 15 is 0 Å². The number of nitrogens with one attached hydrogen (secondary N) is 3. The van der Waals surface area contributed by atoms with Crippen molar-refractivity contribution < 1.29 is 14.3 Å². The van der Waals surface area contributed by atoms with E-state index in [0.717, 1.165) is 22.3 Å². The molecule has 0 saturated heterocycles. The summed E-state index contributed by atoms with van der Waals surface area (Å²) in [5.41, 5.74) is 4.55. The second kappa shape index (κ2) is 6.80. The number of hydrogen-bond donors (Lipinski definition) is 3. The molecule has 3 rings (SSSR count). The Morgan fingerprint density at radius 1 is 1.20 bits per heavy atom. The number of H-pyrrole nitrogens is 2. The molecule has 2 heterocycles. The summed E-state index contributed by atoms with van der Waals surface area (Å²) in [7, 11) is 0. The first kappa shape index (κ1) is 16.8. The molecule has 25 heavy (non-hydrogen) atoms. The third-order valence-electron chi connectivity index (χ3n) is 3.99. The zero-order chi connectivity index (χ0) is 18.0. The number of aromatic amines is 2. The van der Waals surface area contributed by atoms with E-state index in [2.05, 4.69) is 20.3 Å². The van der Waals surface area contributed by atoms with E-state index in [1.807, 2.05) is 38.1 Å². The molecular weight excluding hydrogens is 320 g/mol. The van der Waals surface area contributed by atoms with Gasteiger partial charge in [0.2, 0.25) is 0 Å². The van der Waals surface area contributed by atoms with Gasteiger partial charge in [-0.15, -0.1) is 0 Å². The Kier molecular flexibility index (Phi) is 4.56. The van der Waals surface area contributed by atoms with Crippen molar-refractivity contribution >= 4 is 22.9 Å². The fourth-order valence-corrected chi connectivity index (χ4v) is 2.85. The Morgan fingerprint density at radius 3 is 2.68 bits per heavy atom. The summed E-state index contributed by atoms with van der Waals surface area (Å²) in [6, 6.07) is 7.73. The quantitative estimate of drug-likeness (QED) is 0.621. The second-order valence-corrected chi connectivity index (χ2v) is 5.72. The van der Waals surface area contributed by atoms with Crippen LogP contribution >= 0.6 is 0 Å². The Balaban J connectivity index is 1.87. The van der Waals surface area contributed by atoms with Crippen molar-refractivity contribution in [2.45, 2.75) is 20.8 Å². The highest BCUT2D eigenvalue weighted by Gasteiger charge is 2.21. The average molecular weight is 340 g/mol. The number of amides is 1. The number of carbonyl (C=O) groups excluding carboxylic acids is 2. The fourth-order valence-electron chi connectivity index (χ4n) is 2.85. The summed E-state index contributed by atoms with van der Waals surface area (Å²) < 4.78 is 4.82. The van der Waals surface area contributed by atoms with Crippen LogP contribution < -0.4 is 5.32 Å². The predicted octanol–water partition coefficient (Wildman–Crippen LogP) is 2.47. The lowest BCUT2D eigenvalue weighted by Gasteiger charge is -2.05. The normalized spacial score (nSPS) is 10.8. The molecule has 0 fully saturated rings. The third-order valence-corrected chi connectivity index (χ3v) is 3.99. The van der Waals surface area contributed by atoms with Gasteiger partial charge in [-0.25, -0.2) is 4.98 Å². The number of fused-ring (bicyclic) bond motifs is 1. The highest BCUT2D eigenvalue weighted by Crippen LogP contribution is 2.27. The fraction of sp³-hybridized carbons (Fsp3) is 0.278. The lowest BCUT2D eigenvalue weighted by molar-refractivity contribution is -0.141. The average Bonchev–Trinajstić information content (AvgIpc) is 3.13. The van der Waals surface area contributed by atoms with Gasteiger partial charge in [0.25, 0.3) is 5.91 Å². The Morgan fingerprint density at radius 2 is 1.96 bits per heavy atom. The highest BCUT2D eigenvalue weighted by molar-refractivity contribution is 6.00. The minimum Gasteiger partial charge on any atom is -0.465 e. The first-order valence-electron chi connectivity index (χ1n) is 8.09. The molecule has 0 bridgehead atoms. The molecule has 0 aliphatic rings. The minimum atomic E-state index is -0.459. The Hall–Kier alpha value is -3.09. The third kappa shape index (κ3) is 3.26. The number of rotatable bonds is 5. The lowest BCUT2D eigenvalue weighted by Crippen LogP contribution is -2.31. The summed E-state index contributed by atoms with van der Waals surface area (Å²) >= 11 is 0. The van der Waals surface area contributed by atoms with Crippen LogP contribution in [0.5, 0.6) is 0 Å². The van der Waals surface area contributed by atoms with Gasteiger partial charge in [0.05, 0.1) is 28.9 Å². The number of carbonyl (C=O) groups is 2. The maximum atomic E-state index is 12.4. The van der Waals surface area contributed by atoms with Gasteiger partial charge < -0.3 is 20.0 Å². The number of hydrogen-bond acceptors (Lipinski definition) is 4. The zero-order valence-corrected chi connectivity index (χ0v) is 14.4. The van der Waals surface area contributed by atoms with E-state index in [1.54, 1.807) is 6.92 Å². The van der Waals surface area contributed by atoms with Crippen LogP contribution in [0, 0.1) is 13.8 Å². The van der Waals surface area contributed by atoms with Gasteiger partial charge in [0, 0.05) is 5.69 Å². The van der Waals surface area contributed by atoms with Crippen LogP contribution in [0.3, 0.4) is 0 Å². The van der Waals surface area contributed by atoms with Gasteiger partial charge >= 0.3 is 5.97 Å². The van der Waals surface area contributed by atoms with Gasteiger partial charge in [-0.05, 0) is 38.5 Å². The molecule has 3 N–H and O–H groups in total. The smallest absolute Gasteiger partial charge is 0.325 e. The molecule has 0 aliphatic heterocycles. The summed E-state index contributed by atoms with van der Waals surface area (Å²) in [5.74, 6) is -0.105. The van der Waals surface area contributed by atoms with Crippen LogP contribution in [-0.2, 0) is 9.53 Å². The van der Waals surface area contributed by atoms with Gasteiger partial charge in [-0.2, -0.15) is 0 Å². The molecule has 0 aliphatic carbocycles. The number of aryl methyl sites for hydroxylation is 1. The van der Waals surface area contributed by atoms with Crippen molar-refractivity contribution in [3.63, 3.8) is 0 Å². The molecule has 1 aromatic carbocycles. The monoisotopic (exact) mass is 340 g/mol. The SMILES string of the molecule is CCOC(=O)CNC(=O)c1c(C)[nH]c(-c2nc3ccccc3[nH]2)c1C. The molecule has 7 nitrogen and oxygen atoms in total. The second-order valence-electron chi connectivity index (χ2n) is 5.72. The summed E-state index contributed by atoms with van der Waals surface area (Å²) in [6.07, 6.45) is 0. The maximum absolute atomic E-state index is 12.4. The Labute approximate surface area is 144 Å². The van der Waals surface area contributed by atoms with Crippen molar-refractivity contribution in [2.24, 2.45) is 0 Å². The summed E-state index contributed by atoms with van der Waals surface area (Å²) in [4.78, 5) is 34.9. The first-order valence-corrected chi connectivity index (χ1v) is 8.09. The van der Waals surface area contributed by atoms with Crippen molar-refractivity contribution in [3.8, 4) is 11.5 Å². The number of nitrogens with zero attached hydrogens (tertiary/aromatic N) is 1. The molecule has 3 aromatic rings.